The highest BCUT2D eigenvalue weighted by Crippen LogP contribution is 2.27. The molecular weight excluding hydrogens is 368 g/mol. The van der Waals surface area contributed by atoms with Crippen LogP contribution in [0, 0.1) is 5.92 Å². The van der Waals surface area contributed by atoms with Crippen molar-refractivity contribution in [3.8, 4) is 0 Å². The van der Waals surface area contributed by atoms with Gasteiger partial charge in [0.2, 0.25) is 5.90 Å². The van der Waals surface area contributed by atoms with E-state index in [4.69, 9.17) is 9.47 Å². The molecular formula is C19H26N2O5S. The minimum atomic E-state index is -3.65. The van der Waals surface area contributed by atoms with E-state index < -0.39 is 15.6 Å². The van der Waals surface area contributed by atoms with Gasteiger partial charge in [-0.15, -0.1) is 4.40 Å². The van der Waals surface area contributed by atoms with E-state index in [2.05, 4.69) is 4.40 Å². The molecule has 1 atom stereocenters. The van der Waals surface area contributed by atoms with Crippen molar-refractivity contribution < 1.29 is 22.7 Å². The van der Waals surface area contributed by atoms with E-state index in [0.717, 1.165) is 19.3 Å². The first-order valence-electron chi connectivity index (χ1n) is 9.21. The number of benzene rings is 1. The summed E-state index contributed by atoms with van der Waals surface area (Å²) in [6.45, 7) is 7.25. The van der Waals surface area contributed by atoms with Gasteiger partial charge in [0.25, 0.3) is 10.0 Å². The standard InChI is InChI=1S/C19H26N2O5S/c1-19(2,3)26-18(22)21-11-6-7-14(13-21)10-12-25-17-15-8-4-5-9-16(15)27(23,24)20-17/h4-5,8-9,14H,6-7,10-13H2,1-3H3/t14-/m0/s1. The van der Waals surface area contributed by atoms with Gasteiger partial charge in [-0.3, -0.25) is 0 Å². The number of fused-ring (bicyclic) bond motifs is 1. The van der Waals surface area contributed by atoms with Crippen molar-refractivity contribution in [3.63, 3.8) is 0 Å². The SMILES string of the molecule is CC(C)(C)OC(=O)N1CCC[C@@H](CCOC2=NS(=O)(=O)c3ccccc32)C1. The molecule has 1 aromatic rings. The molecule has 0 unspecified atom stereocenters. The minimum Gasteiger partial charge on any atom is -0.477 e. The number of nitrogens with zero attached hydrogens (tertiary/aromatic N) is 2. The molecule has 1 saturated heterocycles. The number of piperidine rings is 1. The molecule has 7 nitrogen and oxygen atoms in total. The first-order valence-corrected chi connectivity index (χ1v) is 10.6. The van der Waals surface area contributed by atoms with Gasteiger partial charge in [0.1, 0.15) is 10.5 Å². The van der Waals surface area contributed by atoms with Crippen molar-refractivity contribution in [2.24, 2.45) is 10.3 Å². The predicted octanol–water partition coefficient (Wildman–Crippen LogP) is 3.19. The Hall–Kier alpha value is -2.09. The van der Waals surface area contributed by atoms with E-state index in [1.54, 1.807) is 23.1 Å². The van der Waals surface area contributed by atoms with Gasteiger partial charge >= 0.3 is 6.09 Å². The molecule has 0 saturated carbocycles. The Bertz CT molecular complexity index is 842. The van der Waals surface area contributed by atoms with Gasteiger partial charge < -0.3 is 14.4 Å². The van der Waals surface area contributed by atoms with Crippen LogP contribution in [0.25, 0.3) is 0 Å². The summed E-state index contributed by atoms with van der Waals surface area (Å²) in [4.78, 5) is 14.2. The summed E-state index contributed by atoms with van der Waals surface area (Å²) in [6, 6.07) is 6.66. The Kier molecular flexibility index (Phi) is 5.46. The number of likely N-dealkylation sites (tertiary alicyclic amines) is 1. The van der Waals surface area contributed by atoms with E-state index in [0.29, 0.717) is 31.2 Å². The maximum absolute atomic E-state index is 12.2. The zero-order valence-corrected chi connectivity index (χ0v) is 16.8. The van der Waals surface area contributed by atoms with Crippen molar-refractivity contribution >= 4 is 22.0 Å². The lowest BCUT2D eigenvalue weighted by Gasteiger charge is -2.34. The normalized spacial score (nSPS) is 21.4. The smallest absolute Gasteiger partial charge is 0.410 e. The van der Waals surface area contributed by atoms with Gasteiger partial charge in [0.05, 0.1) is 12.2 Å². The molecule has 2 aliphatic heterocycles. The fourth-order valence-corrected chi connectivity index (χ4v) is 4.45. The summed E-state index contributed by atoms with van der Waals surface area (Å²) in [7, 11) is -3.65. The third-order valence-corrected chi connectivity index (χ3v) is 5.85. The number of rotatable bonds is 3. The van der Waals surface area contributed by atoms with Crippen LogP contribution in [-0.4, -0.2) is 50.6 Å². The van der Waals surface area contributed by atoms with Gasteiger partial charge in [-0.25, -0.2) is 4.79 Å². The fraction of sp³-hybridized carbons (Fsp3) is 0.579. The molecule has 2 heterocycles. The topological polar surface area (TPSA) is 85.3 Å². The van der Waals surface area contributed by atoms with Crippen LogP contribution in [0.2, 0.25) is 0 Å². The maximum atomic E-state index is 12.2. The van der Waals surface area contributed by atoms with Crippen LogP contribution in [0.3, 0.4) is 0 Å². The first-order chi connectivity index (χ1) is 12.7. The summed E-state index contributed by atoms with van der Waals surface area (Å²) in [5.41, 5.74) is 0.00337. The number of carbonyl (C=O) groups is 1. The molecule has 0 N–H and O–H groups in total. The average molecular weight is 394 g/mol. The highest BCUT2D eigenvalue weighted by Gasteiger charge is 2.31. The zero-order valence-electron chi connectivity index (χ0n) is 16.0. The monoisotopic (exact) mass is 394 g/mol. The second-order valence-electron chi connectivity index (χ2n) is 7.94. The first kappa shape index (κ1) is 19.7. The molecule has 148 valence electrons. The largest absolute Gasteiger partial charge is 0.477 e. The molecule has 1 aromatic carbocycles. The summed E-state index contributed by atoms with van der Waals surface area (Å²) < 4.78 is 38.9. The second kappa shape index (κ2) is 7.50. The molecule has 1 amide bonds. The molecule has 0 aromatic heterocycles. The van der Waals surface area contributed by atoms with E-state index in [9.17, 15) is 13.2 Å². The van der Waals surface area contributed by atoms with Crippen molar-refractivity contribution in [1.82, 2.24) is 4.90 Å². The van der Waals surface area contributed by atoms with Gasteiger partial charge in [-0.2, -0.15) is 8.42 Å². The van der Waals surface area contributed by atoms with Crippen molar-refractivity contribution in [3.05, 3.63) is 29.8 Å². The van der Waals surface area contributed by atoms with E-state index in [1.165, 1.54) is 6.07 Å². The van der Waals surface area contributed by atoms with Crippen LogP contribution in [0.1, 0.15) is 45.6 Å². The molecule has 27 heavy (non-hydrogen) atoms. The van der Waals surface area contributed by atoms with Gasteiger partial charge in [-0.1, -0.05) is 12.1 Å². The van der Waals surface area contributed by atoms with Crippen LogP contribution in [0.5, 0.6) is 0 Å². The van der Waals surface area contributed by atoms with Gasteiger partial charge in [0.15, 0.2) is 0 Å². The van der Waals surface area contributed by atoms with Crippen LogP contribution >= 0.6 is 0 Å². The molecule has 2 aliphatic rings. The Morgan fingerprint density at radius 1 is 1.30 bits per heavy atom. The quantitative estimate of drug-likeness (QED) is 0.786. The Morgan fingerprint density at radius 3 is 2.78 bits per heavy atom. The summed E-state index contributed by atoms with van der Waals surface area (Å²) >= 11 is 0. The Labute approximate surface area is 160 Å². The molecule has 0 bridgehead atoms. The summed E-state index contributed by atoms with van der Waals surface area (Å²) in [5.74, 6) is 0.450. The third-order valence-electron chi connectivity index (χ3n) is 4.53. The number of amides is 1. The third kappa shape index (κ3) is 4.80. The predicted molar refractivity (Wildman–Crippen MR) is 101 cm³/mol. The van der Waals surface area contributed by atoms with Crippen LogP contribution in [-0.2, 0) is 19.5 Å². The van der Waals surface area contributed by atoms with Crippen molar-refractivity contribution in [2.45, 2.75) is 50.5 Å². The minimum absolute atomic E-state index is 0.158. The van der Waals surface area contributed by atoms with E-state index >= 15 is 0 Å². The van der Waals surface area contributed by atoms with Crippen LogP contribution in [0.4, 0.5) is 4.79 Å². The second-order valence-corrected chi connectivity index (χ2v) is 9.51. The molecule has 1 fully saturated rings. The van der Waals surface area contributed by atoms with Crippen molar-refractivity contribution in [1.29, 1.82) is 0 Å². The maximum Gasteiger partial charge on any atom is 0.410 e. The van der Waals surface area contributed by atoms with E-state index in [1.807, 2.05) is 20.8 Å². The Balaban J connectivity index is 1.53. The highest BCUT2D eigenvalue weighted by atomic mass is 32.2. The lowest BCUT2D eigenvalue weighted by molar-refractivity contribution is 0.0154. The molecule has 3 rings (SSSR count). The lowest BCUT2D eigenvalue weighted by Crippen LogP contribution is -2.43. The summed E-state index contributed by atoms with van der Waals surface area (Å²) in [5, 5.41) is 0. The lowest BCUT2D eigenvalue weighted by atomic mass is 9.95. The van der Waals surface area contributed by atoms with Crippen molar-refractivity contribution in [2.75, 3.05) is 19.7 Å². The number of hydrogen-bond donors (Lipinski definition) is 0. The molecule has 0 spiro atoms. The number of hydrogen-bond acceptors (Lipinski definition) is 5. The summed E-state index contributed by atoms with van der Waals surface area (Å²) in [6.07, 6.45) is 2.36. The average Bonchev–Trinajstić information content (AvgIpc) is 2.85. The van der Waals surface area contributed by atoms with Gasteiger partial charge in [-0.05, 0) is 58.1 Å². The Morgan fingerprint density at radius 2 is 2.04 bits per heavy atom. The molecule has 0 radical (unpaired) electrons. The van der Waals surface area contributed by atoms with E-state index in [-0.39, 0.29) is 16.9 Å². The number of ether oxygens (including phenoxy) is 2. The van der Waals surface area contributed by atoms with Gasteiger partial charge in [0, 0.05) is 13.1 Å². The number of sulfonamides is 1. The fourth-order valence-electron chi connectivity index (χ4n) is 3.30. The molecule has 0 aliphatic carbocycles. The zero-order chi connectivity index (χ0) is 19.7. The van der Waals surface area contributed by atoms with Crippen LogP contribution in [0.15, 0.2) is 33.6 Å². The molecule has 8 heteroatoms. The number of carbonyl (C=O) groups excluding carboxylic acids is 1. The van der Waals surface area contributed by atoms with Crippen LogP contribution < -0.4 is 0 Å². The highest BCUT2D eigenvalue weighted by molar-refractivity contribution is 7.90.